The minimum atomic E-state index is 0.665. The third-order valence-electron chi connectivity index (χ3n) is 4.56. The normalized spacial score (nSPS) is 23.6. The van der Waals surface area contributed by atoms with Gasteiger partial charge in [0.2, 0.25) is 5.88 Å². The van der Waals surface area contributed by atoms with Gasteiger partial charge in [-0.1, -0.05) is 26.7 Å². The number of hydrogen-bond acceptors (Lipinski definition) is 3. The Balaban J connectivity index is 1.81. The van der Waals surface area contributed by atoms with Crippen molar-refractivity contribution in [2.24, 2.45) is 11.8 Å². The first-order valence-electron chi connectivity index (χ1n) is 7.91. The average molecular weight is 276 g/mol. The molecule has 1 heterocycles. The molecule has 0 spiro atoms. The molecule has 0 radical (unpaired) electrons. The summed E-state index contributed by atoms with van der Waals surface area (Å²) < 4.78 is 5.17. The predicted molar refractivity (Wildman–Crippen MR) is 82.8 cm³/mol. The Bertz CT molecular complexity index is 406. The highest BCUT2D eigenvalue weighted by Crippen LogP contribution is 2.28. The minimum Gasteiger partial charge on any atom is -0.481 e. The molecular weight excluding hydrogens is 248 g/mol. The van der Waals surface area contributed by atoms with Crippen molar-refractivity contribution < 1.29 is 4.74 Å². The zero-order valence-corrected chi connectivity index (χ0v) is 13.1. The van der Waals surface area contributed by atoms with Gasteiger partial charge in [-0.15, -0.1) is 0 Å². The smallest absolute Gasteiger partial charge is 0.213 e. The molecule has 1 aliphatic carbocycles. The summed E-state index contributed by atoms with van der Waals surface area (Å²) in [4.78, 5) is 4.15. The molecule has 2 rings (SSSR count). The van der Waals surface area contributed by atoms with Gasteiger partial charge in [-0.05, 0) is 42.7 Å². The Morgan fingerprint density at radius 1 is 1.30 bits per heavy atom. The van der Waals surface area contributed by atoms with Crippen LogP contribution in [0.2, 0.25) is 0 Å². The summed E-state index contributed by atoms with van der Waals surface area (Å²) in [5.74, 6) is 2.45. The van der Waals surface area contributed by atoms with Crippen molar-refractivity contribution in [3.05, 3.63) is 23.9 Å². The zero-order chi connectivity index (χ0) is 14.4. The number of nitrogens with one attached hydrogen (secondary N) is 1. The first-order chi connectivity index (χ1) is 9.69. The summed E-state index contributed by atoms with van der Waals surface area (Å²) in [6.45, 7) is 5.64. The van der Waals surface area contributed by atoms with Crippen molar-refractivity contribution in [2.45, 2.75) is 58.5 Å². The molecule has 2 atom stereocenters. The average Bonchev–Trinajstić information content (AvgIpc) is 2.71. The molecule has 0 aromatic carbocycles. The molecule has 112 valence electrons. The zero-order valence-electron chi connectivity index (χ0n) is 13.1. The summed E-state index contributed by atoms with van der Waals surface area (Å²) in [6.07, 6.45) is 8.57. The third kappa shape index (κ3) is 4.48. The van der Waals surface area contributed by atoms with Gasteiger partial charge in [0, 0.05) is 24.8 Å². The Hall–Kier alpha value is -1.09. The van der Waals surface area contributed by atoms with E-state index in [9.17, 15) is 0 Å². The quantitative estimate of drug-likeness (QED) is 0.831. The van der Waals surface area contributed by atoms with E-state index in [1.54, 1.807) is 7.11 Å². The molecule has 0 bridgehead atoms. The van der Waals surface area contributed by atoms with Crippen molar-refractivity contribution in [3.63, 3.8) is 0 Å². The van der Waals surface area contributed by atoms with Gasteiger partial charge in [-0.25, -0.2) is 4.98 Å². The lowest BCUT2D eigenvalue weighted by Crippen LogP contribution is -2.28. The van der Waals surface area contributed by atoms with Crippen LogP contribution in [0.4, 0.5) is 0 Å². The van der Waals surface area contributed by atoms with Gasteiger partial charge in [0.25, 0.3) is 0 Å². The molecule has 1 aromatic heterocycles. The van der Waals surface area contributed by atoms with E-state index in [-0.39, 0.29) is 0 Å². The molecule has 20 heavy (non-hydrogen) atoms. The van der Waals surface area contributed by atoms with Crippen LogP contribution in [0.15, 0.2) is 18.3 Å². The van der Waals surface area contributed by atoms with Crippen LogP contribution < -0.4 is 10.1 Å². The maximum atomic E-state index is 5.17. The molecule has 1 fully saturated rings. The van der Waals surface area contributed by atoms with Crippen molar-refractivity contribution in [1.29, 1.82) is 0 Å². The second-order valence-electron chi connectivity index (χ2n) is 6.30. The number of aromatic nitrogens is 1. The van der Waals surface area contributed by atoms with E-state index in [0.717, 1.165) is 18.4 Å². The van der Waals surface area contributed by atoms with Crippen molar-refractivity contribution in [2.75, 3.05) is 7.11 Å². The maximum Gasteiger partial charge on any atom is 0.213 e. The van der Waals surface area contributed by atoms with E-state index in [2.05, 4.69) is 30.2 Å². The number of ether oxygens (including phenoxy) is 1. The Labute approximate surface area is 123 Å². The Morgan fingerprint density at radius 2 is 2.15 bits per heavy atom. The monoisotopic (exact) mass is 276 g/mol. The molecule has 0 aliphatic heterocycles. The highest BCUT2D eigenvalue weighted by Gasteiger charge is 2.20. The van der Waals surface area contributed by atoms with Crippen molar-refractivity contribution in [1.82, 2.24) is 10.3 Å². The molecule has 1 aromatic rings. The standard InChI is InChI=1S/C17H28N2O/c1-13(2)15-5-4-6-16(8-7-15)19-12-14-9-10-18-17(11-14)20-3/h9-11,13,15-16,19H,4-8,12H2,1-3H3. The topological polar surface area (TPSA) is 34.1 Å². The number of methoxy groups -OCH3 is 1. The molecule has 2 unspecified atom stereocenters. The molecule has 1 N–H and O–H groups in total. The molecule has 1 saturated carbocycles. The Kier molecular flexibility index (Phi) is 5.84. The van der Waals surface area contributed by atoms with Crippen LogP contribution in [-0.4, -0.2) is 18.1 Å². The molecular formula is C17H28N2O. The van der Waals surface area contributed by atoms with E-state index in [0.29, 0.717) is 11.9 Å². The van der Waals surface area contributed by atoms with Gasteiger partial charge in [-0.3, -0.25) is 0 Å². The summed E-state index contributed by atoms with van der Waals surface area (Å²) in [7, 11) is 1.66. The summed E-state index contributed by atoms with van der Waals surface area (Å²) in [6, 6.07) is 4.74. The van der Waals surface area contributed by atoms with Crippen LogP contribution in [0.25, 0.3) is 0 Å². The van der Waals surface area contributed by atoms with Gasteiger partial charge >= 0.3 is 0 Å². The van der Waals surface area contributed by atoms with Gasteiger partial charge in [0.15, 0.2) is 0 Å². The molecule has 3 nitrogen and oxygen atoms in total. The largest absolute Gasteiger partial charge is 0.481 e. The van der Waals surface area contributed by atoms with Crippen LogP contribution in [0.3, 0.4) is 0 Å². The van der Waals surface area contributed by atoms with E-state index in [1.807, 2.05) is 12.3 Å². The first-order valence-corrected chi connectivity index (χ1v) is 7.91. The minimum absolute atomic E-state index is 0.665. The van der Waals surface area contributed by atoms with Gasteiger partial charge in [-0.2, -0.15) is 0 Å². The number of pyridine rings is 1. The fraction of sp³-hybridized carbons (Fsp3) is 0.706. The van der Waals surface area contributed by atoms with Gasteiger partial charge < -0.3 is 10.1 Å². The Morgan fingerprint density at radius 3 is 2.90 bits per heavy atom. The lowest BCUT2D eigenvalue weighted by atomic mass is 9.89. The highest BCUT2D eigenvalue weighted by molar-refractivity contribution is 5.20. The number of rotatable bonds is 5. The summed E-state index contributed by atoms with van der Waals surface area (Å²) in [5.41, 5.74) is 1.25. The van der Waals surface area contributed by atoms with E-state index in [4.69, 9.17) is 4.74 Å². The number of hydrogen-bond donors (Lipinski definition) is 1. The second kappa shape index (κ2) is 7.63. The number of nitrogens with zero attached hydrogens (tertiary/aromatic N) is 1. The molecule has 0 saturated heterocycles. The summed E-state index contributed by atoms with van der Waals surface area (Å²) in [5, 5.41) is 3.71. The van der Waals surface area contributed by atoms with Crippen molar-refractivity contribution >= 4 is 0 Å². The van der Waals surface area contributed by atoms with Crippen LogP contribution in [0.1, 0.15) is 51.5 Å². The van der Waals surface area contributed by atoms with E-state index in [1.165, 1.54) is 37.7 Å². The van der Waals surface area contributed by atoms with Crippen LogP contribution in [-0.2, 0) is 6.54 Å². The third-order valence-corrected chi connectivity index (χ3v) is 4.56. The fourth-order valence-electron chi connectivity index (χ4n) is 3.14. The van der Waals surface area contributed by atoms with Crippen molar-refractivity contribution in [3.8, 4) is 5.88 Å². The predicted octanol–water partition coefficient (Wildman–Crippen LogP) is 3.78. The SMILES string of the molecule is COc1cc(CNC2CCCC(C(C)C)CC2)ccn1. The summed E-state index contributed by atoms with van der Waals surface area (Å²) >= 11 is 0. The first kappa shape index (κ1) is 15.3. The van der Waals surface area contributed by atoms with Crippen LogP contribution >= 0.6 is 0 Å². The lowest BCUT2D eigenvalue weighted by Gasteiger charge is -2.19. The maximum absolute atomic E-state index is 5.17. The molecule has 1 aliphatic rings. The molecule has 3 heteroatoms. The lowest BCUT2D eigenvalue weighted by molar-refractivity contribution is 0.337. The van der Waals surface area contributed by atoms with Crippen LogP contribution in [0.5, 0.6) is 5.88 Å². The van der Waals surface area contributed by atoms with E-state index < -0.39 is 0 Å². The highest BCUT2D eigenvalue weighted by atomic mass is 16.5. The second-order valence-corrected chi connectivity index (χ2v) is 6.30. The van der Waals surface area contributed by atoms with E-state index >= 15 is 0 Å². The van der Waals surface area contributed by atoms with Gasteiger partial charge in [0.05, 0.1) is 7.11 Å². The van der Waals surface area contributed by atoms with Gasteiger partial charge in [0.1, 0.15) is 0 Å². The molecule has 0 amide bonds. The van der Waals surface area contributed by atoms with Crippen LogP contribution in [0, 0.1) is 11.8 Å². The fourth-order valence-corrected chi connectivity index (χ4v) is 3.14.